The van der Waals surface area contributed by atoms with Gasteiger partial charge in [0.1, 0.15) is 0 Å². The first-order chi connectivity index (χ1) is 5.79. The molecule has 2 saturated carbocycles. The Hall–Kier alpha value is -0.0151. The molecule has 2 rings (SSSR count). The average Bonchev–Trinajstić information content (AvgIpc) is 2.84. The summed E-state index contributed by atoms with van der Waals surface area (Å²) in [5.41, 5.74) is 0. The quantitative estimate of drug-likeness (QED) is 0.612. The number of hydrogen-bond acceptors (Lipinski definition) is 2. The summed E-state index contributed by atoms with van der Waals surface area (Å²) in [6.07, 6.45) is 7.81. The summed E-state index contributed by atoms with van der Waals surface area (Å²) >= 11 is 0. The van der Waals surface area contributed by atoms with Gasteiger partial charge in [0.25, 0.3) is 0 Å². The Morgan fingerprint density at radius 1 is 1.00 bits per heavy atom. The first-order valence-electron chi connectivity index (χ1n) is 5.15. The molecule has 0 aromatic heterocycles. The zero-order chi connectivity index (χ0) is 8.55. The van der Waals surface area contributed by atoms with Gasteiger partial charge >= 0.3 is 7.12 Å². The second-order valence-electron chi connectivity index (χ2n) is 4.38. The van der Waals surface area contributed by atoms with Crippen LogP contribution in [0.3, 0.4) is 0 Å². The monoisotopic (exact) mass is 168 g/mol. The van der Waals surface area contributed by atoms with E-state index in [0.29, 0.717) is 5.92 Å². The minimum absolute atomic E-state index is 0.216. The van der Waals surface area contributed by atoms with E-state index in [-0.39, 0.29) is 5.82 Å². The van der Waals surface area contributed by atoms with E-state index in [4.69, 9.17) is 10.0 Å². The normalized spacial score (nSPS) is 36.5. The summed E-state index contributed by atoms with van der Waals surface area (Å²) < 4.78 is 0. The molecule has 0 bridgehead atoms. The fraction of sp³-hybridized carbons (Fsp3) is 1.00. The third-order valence-electron chi connectivity index (χ3n) is 3.53. The predicted octanol–water partition coefficient (Wildman–Crippen LogP) is 1.43. The Morgan fingerprint density at radius 3 is 2.17 bits per heavy atom. The van der Waals surface area contributed by atoms with Crippen LogP contribution in [-0.4, -0.2) is 17.2 Å². The van der Waals surface area contributed by atoms with Crippen LogP contribution in [0.25, 0.3) is 0 Å². The highest BCUT2D eigenvalue weighted by atomic mass is 16.4. The van der Waals surface area contributed by atoms with E-state index in [2.05, 4.69) is 0 Å². The molecule has 12 heavy (non-hydrogen) atoms. The fourth-order valence-corrected chi connectivity index (χ4v) is 2.68. The van der Waals surface area contributed by atoms with Gasteiger partial charge in [0.05, 0.1) is 0 Å². The molecule has 3 heteroatoms. The van der Waals surface area contributed by atoms with Crippen molar-refractivity contribution >= 4 is 7.12 Å². The SMILES string of the molecule is OB(O)[C@@H]1CC1C1CCCCC1. The molecule has 68 valence electrons. The van der Waals surface area contributed by atoms with Crippen LogP contribution in [0.15, 0.2) is 0 Å². The van der Waals surface area contributed by atoms with Gasteiger partial charge in [-0.1, -0.05) is 32.1 Å². The summed E-state index contributed by atoms with van der Waals surface area (Å²) in [5.74, 6) is 1.67. The smallest absolute Gasteiger partial charge is 0.427 e. The van der Waals surface area contributed by atoms with Crippen molar-refractivity contribution < 1.29 is 10.0 Å². The zero-order valence-corrected chi connectivity index (χ0v) is 7.45. The standard InChI is InChI=1S/C9H17BO2/c11-10(12)9-6-8(9)7-4-2-1-3-5-7/h7-9,11-12H,1-6H2/t8?,9-/m1/s1. The Bertz CT molecular complexity index is 155. The van der Waals surface area contributed by atoms with Crippen LogP contribution in [-0.2, 0) is 0 Å². The van der Waals surface area contributed by atoms with E-state index >= 15 is 0 Å². The topological polar surface area (TPSA) is 40.5 Å². The van der Waals surface area contributed by atoms with Gasteiger partial charge in [-0.15, -0.1) is 0 Å². The van der Waals surface area contributed by atoms with E-state index in [1.165, 1.54) is 32.1 Å². The minimum atomic E-state index is -1.04. The average molecular weight is 168 g/mol. The van der Waals surface area contributed by atoms with Gasteiger partial charge in [0, 0.05) is 0 Å². The molecule has 0 aliphatic heterocycles. The molecule has 2 N–H and O–H groups in total. The highest BCUT2D eigenvalue weighted by Gasteiger charge is 2.49. The number of rotatable bonds is 2. The molecule has 0 spiro atoms. The van der Waals surface area contributed by atoms with Crippen molar-refractivity contribution in [3.63, 3.8) is 0 Å². The van der Waals surface area contributed by atoms with Crippen LogP contribution in [0.1, 0.15) is 38.5 Å². The number of hydrogen-bond donors (Lipinski definition) is 2. The summed E-state index contributed by atoms with van der Waals surface area (Å²) in [6, 6.07) is 0. The Balaban J connectivity index is 1.79. The van der Waals surface area contributed by atoms with Gasteiger partial charge in [-0.2, -0.15) is 0 Å². The second-order valence-corrected chi connectivity index (χ2v) is 4.38. The van der Waals surface area contributed by atoms with E-state index in [1.807, 2.05) is 0 Å². The van der Waals surface area contributed by atoms with Crippen molar-refractivity contribution in [2.45, 2.75) is 44.3 Å². The Morgan fingerprint density at radius 2 is 1.67 bits per heavy atom. The van der Waals surface area contributed by atoms with Crippen molar-refractivity contribution in [3.8, 4) is 0 Å². The lowest BCUT2D eigenvalue weighted by Crippen LogP contribution is -2.16. The van der Waals surface area contributed by atoms with E-state index in [9.17, 15) is 0 Å². The fourth-order valence-electron chi connectivity index (χ4n) is 2.68. The second kappa shape index (κ2) is 3.39. The molecule has 2 aliphatic carbocycles. The molecular formula is C9H17BO2. The molecule has 0 aromatic rings. The molecule has 2 aliphatic rings. The minimum Gasteiger partial charge on any atom is -0.427 e. The Labute approximate surface area is 74.1 Å². The maximum Gasteiger partial charge on any atom is 0.455 e. The van der Waals surface area contributed by atoms with Gasteiger partial charge in [-0.05, 0) is 24.1 Å². The lowest BCUT2D eigenvalue weighted by Gasteiger charge is -2.21. The van der Waals surface area contributed by atoms with Crippen LogP contribution in [0, 0.1) is 11.8 Å². The van der Waals surface area contributed by atoms with Crippen molar-refractivity contribution in [1.82, 2.24) is 0 Å². The van der Waals surface area contributed by atoms with Crippen LogP contribution in [0.2, 0.25) is 5.82 Å². The highest BCUT2D eigenvalue weighted by molar-refractivity contribution is 6.44. The van der Waals surface area contributed by atoms with E-state index < -0.39 is 7.12 Å². The maximum absolute atomic E-state index is 8.95. The van der Waals surface area contributed by atoms with Gasteiger partial charge in [0.2, 0.25) is 0 Å². The van der Waals surface area contributed by atoms with Gasteiger partial charge in [0.15, 0.2) is 0 Å². The zero-order valence-electron chi connectivity index (χ0n) is 7.45. The molecule has 1 unspecified atom stereocenters. The Kier molecular flexibility index (Phi) is 2.42. The maximum atomic E-state index is 8.95. The van der Waals surface area contributed by atoms with Crippen molar-refractivity contribution in [1.29, 1.82) is 0 Å². The molecule has 2 fully saturated rings. The highest BCUT2D eigenvalue weighted by Crippen LogP contribution is 2.54. The predicted molar refractivity (Wildman–Crippen MR) is 48.6 cm³/mol. The third kappa shape index (κ3) is 1.67. The molecule has 0 heterocycles. The van der Waals surface area contributed by atoms with Crippen LogP contribution >= 0.6 is 0 Å². The summed E-state index contributed by atoms with van der Waals surface area (Å²) in [6.45, 7) is 0. The molecule has 2 atom stereocenters. The third-order valence-corrected chi connectivity index (χ3v) is 3.53. The molecule has 0 amide bonds. The first kappa shape index (κ1) is 8.58. The van der Waals surface area contributed by atoms with Crippen LogP contribution in [0.5, 0.6) is 0 Å². The molecule has 0 radical (unpaired) electrons. The molecule has 2 nitrogen and oxygen atoms in total. The lowest BCUT2D eigenvalue weighted by molar-refractivity contribution is 0.314. The van der Waals surface area contributed by atoms with Gasteiger partial charge < -0.3 is 10.0 Å². The molecule has 0 saturated heterocycles. The van der Waals surface area contributed by atoms with Crippen LogP contribution in [0.4, 0.5) is 0 Å². The van der Waals surface area contributed by atoms with E-state index in [1.54, 1.807) is 0 Å². The summed E-state index contributed by atoms with van der Waals surface area (Å²) in [5, 5.41) is 17.9. The molecule has 0 aromatic carbocycles. The van der Waals surface area contributed by atoms with Crippen molar-refractivity contribution in [2.75, 3.05) is 0 Å². The molecular weight excluding hydrogens is 151 g/mol. The van der Waals surface area contributed by atoms with Crippen molar-refractivity contribution in [2.24, 2.45) is 11.8 Å². The van der Waals surface area contributed by atoms with Gasteiger partial charge in [-0.3, -0.25) is 0 Å². The van der Waals surface area contributed by atoms with Gasteiger partial charge in [-0.25, -0.2) is 0 Å². The van der Waals surface area contributed by atoms with Crippen LogP contribution < -0.4 is 0 Å². The van der Waals surface area contributed by atoms with E-state index in [0.717, 1.165) is 12.3 Å². The summed E-state index contributed by atoms with van der Waals surface area (Å²) in [7, 11) is -1.04. The lowest BCUT2D eigenvalue weighted by atomic mass is 9.76. The largest absolute Gasteiger partial charge is 0.455 e. The summed E-state index contributed by atoms with van der Waals surface area (Å²) in [4.78, 5) is 0. The first-order valence-corrected chi connectivity index (χ1v) is 5.15. The van der Waals surface area contributed by atoms with Crippen molar-refractivity contribution in [3.05, 3.63) is 0 Å².